The summed E-state index contributed by atoms with van der Waals surface area (Å²) in [6.45, 7) is 4.98. The number of hydrogen-bond acceptors (Lipinski definition) is 6. The predicted octanol–water partition coefficient (Wildman–Crippen LogP) is 0.715. The molecule has 2 saturated heterocycles. The molecule has 0 aromatic heterocycles. The molecule has 3 rings (SSSR count). The number of rotatable bonds is 4. The summed E-state index contributed by atoms with van der Waals surface area (Å²) in [6, 6.07) is 3.45. The van der Waals surface area contributed by atoms with Crippen LogP contribution in [0.15, 0.2) is 18.2 Å². The van der Waals surface area contributed by atoms with Crippen LogP contribution in [-0.2, 0) is 9.53 Å². The lowest BCUT2D eigenvalue weighted by Crippen LogP contribution is -2.52. The topological polar surface area (TPSA) is 79.2 Å². The van der Waals surface area contributed by atoms with E-state index in [1.54, 1.807) is 9.80 Å². The van der Waals surface area contributed by atoms with Crippen LogP contribution in [-0.4, -0.2) is 79.7 Å². The number of benzene rings is 1. The Morgan fingerprint density at radius 1 is 1.16 bits per heavy atom. The molecule has 2 heterocycles. The smallest absolute Gasteiger partial charge is 0.292 e. The van der Waals surface area contributed by atoms with E-state index in [0.29, 0.717) is 45.9 Å². The Hall–Kier alpha value is -2.26. The van der Waals surface area contributed by atoms with Gasteiger partial charge in [-0.05, 0) is 6.07 Å². The number of ether oxygens (including phenoxy) is 1. The summed E-state index contributed by atoms with van der Waals surface area (Å²) in [5.74, 6) is -0.457. The van der Waals surface area contributed by atoms with Crippen LogP contribution in [0.25, 0.3) is 0 Å². The van der Waals surface area contributed by atoms with Crippen LogP contribution in [0.2, 0.25) is 0 Å². The van der Waals surface area contributed by atoms with Gasteiger partial charge in [0, 0.05) is 51.4 Å². The van der Waals surface area contributed by atoms with E-state index in [1.807, 2.05) is 0 Å². The first-order chi connectivity index (χ1) is 12.0. The molecule has 1 amide bonds. The Kier molecular flexibility index (Phi) is 5.44. The number of piperazine rings is 1. The molecule has 9 heteroatoms. The molecule has 8 nitrogen and oxygen atoms in total. The monoisotopic (exact) mass is 352 g/mol. The first-order valence-electron chi connectivity index (χ1n) is 8.31. The average molecular weight is 352 g/mol. The number of hydrogen-bond donors (Lipinski definition) is 0. The summed E-state index contributed by atoms with van der Waals surface area (Å²) in [5.41, 5.74) is 0.153. The van der Waals surface area contributed by atoms with Gasteiger partial charge < -0.3 is 14.5 Å². The van der Waals surface area contributed by atoms with E-state index in [4.69, 9.17) is 4.74 Å². The van der Waals surface area contributed by atoms with Crippen molar-refractivity contribution in [2.75, 3.05) is 63.9 Å². The van der Waals surface area contributed by atoms with Gasteiger partial charge in [-0.25, -0.2) is 4.39 Å². The Labute approximate surface area is 144 Å². The number of amides is 1. The lowest BCUT2D eigenvalue weighted by Gasteiger charge is -2.37. The second-order valence-corrected chi connectivity index (χ2v) is 6.15. The SMILES string of the molecule is O=C(CN1CCOCC1)N1CCN(c2cc(F)ccc2[N+](=O)[O-])CC1. The first kappa shape index (κ1) is 17.6. The van der Waals surface area contributed by atoms with E-state index in [0.717, 1.165) is 19.2 Å². The fourth-order valence-electron chi connectivity index (χ4n) is 3.15. The van der Waals surface area contributed by atoms with Crippen molar-refractivity contribution in [2.24, 2.45) is 0 Å². The molecule has 0 radical (unpaired) electrons. The normalized spacial score (nSPS) is 19.1. The molecule has 0 spiro atoms. The second kappa shape index (κ2) is 7.75. The molecule has 0 unspecified atom stereocenters. The molecule has 1 aromatic rings. The summed E-state index contributed by atoms with van der Waals surface area (Å²) in [7, 11) is 0. The highest BCUT2D eigenvalue weighted by molar-refractivity contribution is 5.78. The minimum absolute atomic E-state index is 0.0512. The third-order valence-electron chi connectivity index (χ3n) is 4.57. The fourth-order valence-corrected chi connectivity index (χ4v) is 3.15. The highest BCUT2D eigenvalue weighted by Gasteiger charge is 2.27. The van der Waals surface area contributed by atoms with Crippen LogP contribution in [0.5, 0.6) is 0 Å². The lowest BCUT2D eigenvalue weighted by atomic mass is 10.2. The third kappa shape index (κ3) is 4.23. The van der Waals surface area contributed by atoms with Gasteiger partial charge >= 0.3 is 0 Å². The Bertz CT molecular complexity index is 643. The molecular weight excluding hydrogens is 331 g/mol. The molecule has 0 N–H and O–H groups in total. The number of nitro benzene ring substituents is 1. The van der Waals surface area contributed by atoms with Crippen molar-refractivity contribution in [1.82, 2.24) is 9.80 Å². The van der Waals surface area contributed by atoms with Crippen LogP contribution < -0.4 is 4.90 Å². The maximum Gasteiger partial charge on any atom is 0.292 e. The van der Waals surface area contributed by atoms with Crippen molar-refractivity contribution in [3.05, 3.63) is 34.1 Å². The molecule has 2 aliphatic rings. The summed E-state index contributed by atoms with van der Waals surface area (Å²) in [6.07, 6.45) is 0. The van der Waals surface area contributed by atoms with Gasteiger partial charge in [0.1, 0.15) is 11.5 Å². The number of morpholine rings is 1. The first-order valence-corrected chi connectivity index (χ1v) is 8.31. The molecule has 0 aliphatic carbocycles. The molecule has 2 fully saturated rings. The van der Waals surface area contributed by atoms with Crippen LogP contribution in [0.1, 0.15) is 0 Å². The number of carbonyl (C=O) groups excluding carboxylic acids is 1. The number of nitrogens with zero attached hydrogens (tertiary/aromatic N) is 4. The van der Waals surface area contributed by atoms with Crippen LogP contribution >= 0.6 is 0 Å². The maximum atomic E-state index is 13.5. The van der Waals surface area contributed by atoms with E-state index >= 15 is 0 Å². The molecular formula is C16H21FN4O4. The van der Waals surface area contributed by atoms with Gasteiger partial charge in [0.25, 0.3) is 5.69 Å². The highest BCUT2D eigenvalue weighted by Crippen LogP contribution is 2.29. The van der Waals surface area contributed by atoms with Crippen molar-refractivity contribution in [3.8, 4) is 0 Å². The zero-order chi connectivity index (χ0) is 17.8. The Morgan fingerprint density at radius 2 is 1.84 bits per heavy atom. The van der Waals surface area contributed by atoms with Gasteiger partial charge in [-0.1, -0.05) is 0 Å². The minimum atomic E-state index is -0.509. The van der Waals surface area contributed by atoms with E-state index in [2.05, 4.69) is 4.90 Å². The van der Waals surface area contributed by atoms with Crippen molar-refractivity contribution in [3.63, 3.8) is 0 Å². The number of anilines is 1. The molecule has 136 valence electrons. The number of halogens is 1. The molecule has 25 heavy (non-hydrogen) atoms. The van der Waals surface area contributed by atoms with Crippen LogP contribution in [0.4, 0.5) is 15.8 Å². The fraction of sp³-hybridized carbons (Fsp3) is 0.562. The van der Waals surface area contributed by atoms with E-state index in [1.165, 1.54) is 12.1 Å². The van der Waals surface area contributed by atoms with Gasteiger partial charge in [0.15, 0.2) is 0 Å². The molecule has 0 bridgehead atoms. The number of carbonyl (C=O) groups is 1. The minimum Gasteiger partial charge on any atom is -0.379 e. The zero-order valence-electron chi connectivity index (χ0n) is 13.9. The predicted molar refractivity (Wildman–Crippen MR) is 89.1 cm³/mol. The van der Waals surface area contributed by atoms with Crippen molar-refractivity contribution in [2.45, 2.75) is 0 Å². The third-order valence-corrected chi connectivity index (χ3v) is 4.57. The lowest BCUT2D eigenvalue weighted by molar-refractivity contribution is -0.384. The average Bonchev–Trinajstić information content (AvgIpc) is 2.62. The molecule has 1 aromatic carbocycles. The van der Waals surface area contributed by atoms with Crippen LogP contribution in [0, 0.1) is 15.9 Å². The second-order valence-electron chi connectivity index (χ2n) is 6.15. The summed E-state index contributed by atoms with van der Waals surface area (Å²) >= 11 is 0. The maximum absolute atomic E-state index is 13.5. The van der Waals surface area contributed by atoms with E-state index < -0.39 is 10.7 Å². The van der Waals surface area contributed by atoms with Crippen molar-refractivity contribution >= 4 is 17.3 Å². The Balaban J connectivity index is 1.59. The van der Waals surface area contributed by atoms with Gasteiger partial charge in [-0.15, -0.1) is 0 Å². The van der Waals surface area contributed by atoms with E-state index in [9.17, 15) is 19.3 Å². The van der Waals surface area contributed by atoms with Gasteiger partial charge in [0.05, 0.1) is 24.7 Å². The van der Waals surface area contributed by atoms with E-state index in [-0.39, 0.29) is 17.3 Å². The standard InChI is InChI=1S/C16H21FN4O4/c17-13-1-2-14(21(23)24)15(11-13)19-3-5-20(6-4-19)16(22)12-18-7-9-25-10-8-18/h1-2,11H,3-10,12H2. The molecule has 0 atom stereocenters. The van der Waals surface area contributed by atoms with Crippen LogP contribution in [0.3, 0.4) is 0 Å². The summed E-state index contributed by atoms with van der Waals surface area (Å²) in [4.78, 5) is 28.6. The van der Waals surface area contributed by atoms with Gasteiger partial charge in [0.2, 0.25) is 5.91 Å². The van der Waals surface area contributed by atoms with Gasteiger partial charge in [-0.3, -0.25) is 19.8 Å². The van der Waals surface area contributed by atoms with Crippen molar-refractivity contribution in [1.29, 1.82) is 0 Å². The quantitative estimate of drug-likeness (QED) is 0.587. The highest BCUT2D eigenvalue weighted by atomic mass is 19.1. The Morgan fingerprint density at radius 3 is 2.48 bits per heavy atom. The zero-order valence-corrected chi connectivity index (χ0v) is 13.9. The largest absolute Gasteiger partial charge is 0.379 e. The van der Waals surface area contributed by atoms with Gasteiger partial charge in [-0.2, -0.15) is 0 Å². The number of nitro groups is 1. The summed E-state index contributed by atoms with van der Waals surface area (Å²) in [5, 5.41) is 11.1. The van der Waals surface area contributed by atoms with Crippen molar-refractivity contribution < 1.29 is 18.8 Å². The molecule has 2 aliphatic heterocycles. The summed E-state index contributed by atoms with van der Waals surface area (Å²) < 4.78 is 18.8. The molecule has 0 saturated carbocycles.